The second-order valence-corrected chi connectivity index (χ2v) is 6.28. The van der Waals surface area contributed by atoms with Crippen molar-refractivity contribution in [1.29, 1.82) is 0 Å². The van der Waals surface area contributed by atoms with Crippen molar-refractivity contribution in [3.63, 3.8) is 0 Å². The van der Waals surface area contributed by atoms with Gasteiger partial charge in [-0.05, 0) is 12.1 Å². The van der Waals surface area contributed by atoms with Gasteiger partial charge in [0, 0.05) is 33.9 Å². The zero-order valence-corrected chi connectivity index (χ0v) is 12.9. The first-order valence-electron chi connectivity index (χ1n) is 5.30. The van der Waals surface area contributed by atoms with Gasteiger partial charge in [-0.2, -0.15) is 0 Å². The van der Waals surface area contributed by atoms with Crippen LogP contribution in [0.1, 0.15) is 10.4 Å². The van der Waals surface area contributed by atoms with Gasteiger partial charge in [0.25, 0.3) is 0 Å². The fourth-order valence-electron chi connectivity index (χ4n) is 1.54. The molecule has 1 N–H and O–H groups in total. The number of anilines is 1. The molecule has 0 saturated carbocycles. The Labute approximate surface area is 123 Å². The summed E-state index contributed by atoms with van der Waals surface area (Å²) in [6, 6.07) is 6.08. The number of nitrogens with one attached hydrogen (secondary N) is 1. The second-order valence-electron chi connectivity index (χ2n) is 3.67. The molecule has 0 saturated heterocycles. The number of halogens is 2. The average Bonchev–Trinajstić information content (AvgIpc) is 2.76. The van der Waals surface area contributed by atoms with E-state index in [1.54, 1.807) is 13.3 Å². The number of hydrogen-bond donors (Lipinski definition) is 1. The molecule has 0 spiro atoms. The lowest BCUT2D eigenvalue weighted by Crippen LogP contribution is -2.02. The van der Waals surface area contributed by atoms with Crippen molar-refractivity contribution >= 4 is 44.6 Å². The molecule has 0 radical (unpaired) electrons. The Kier molecular flexibility index (Phi) is 5.00. The number of rotatable bonds is 5. The minimum atomic E-state index is 0.568. The Balaban J connectivity index is 2.09. The molecule has 2 rings (SSSR count). The number of thiazole rings is 1. The summed E-state index contributed by atoms with van der Waals surface area (Å²) >= 11 is 10.7. The molecule has 0 atom stereocenters. The number of aromatic nitrogens is 1. The molecule has 0 bridgehead atoms. The largest absolute Gasteiger partial charge is 0.380 e. The molecule has 0 aliphatic rings. The molecule has 0 aliphatic carbocycles. The number of benzene rings is 1. The number of methoxy groups -OCH3 is 1. The summed E-state index contributed by atoms with van der Waals surface area (Å²) in [6.07, 6.45) is 1.79. The molecule has 96 valence electrons. The normalized spacial score (nSPS) is 10.6. The Morgan fingerprint density at radius 2 is 2.33 bits per heavy atom. The van der Waals surface area contributed by atoms with Crippen LogP contribution in [-0.2, 0) is 17.9 Å². The van der Waals surface area contributed by atoms with Gasteiger partial charge >= 0.3 is 0 Å². The molecule has 6 heteroatoms. The highest BCUT2D eigenvalue weighted by Gasteiger charge is 2.04. The SMILES string of the molecule is COCc1ccc(Br)cc1NCc1cnc(Cl)s1. The van der Waals surface area contributed by atoms with E-state index >= 15 is 0 Å². The third-order valence-electron chi connectivity index (χ3n) is 2.35. The van der Waals surface area contributed by atoms with Gasteiger partial charge in [0.15, 0.2) is 4.47 Å². The highest BCUT2D eigenvalue weighted by Crippen LogP contribution is 2.24. The first kappa shape index (κ1) is 13.8. The fraction of sp³-hybridized carbons (Fsp3) is 0.250. The van der Waals surface area contributed by atoms with E-state index in [4.69, 9.17) is 16.3 Å². The summed E-state index contributed by atoms with van der Waals surface area (Å²) in [5.74, 6) is 0. The van der Waals surface area contributed by atoms with Crippen LogP contribution in [0.4, 0.5) is 5.69 Å². The molecule has 2 aromatic rings. The molecule has 18 heavy (non-hydrogen) atoms. The van der Waals surface area contributed by atoms with Crippen molar-refractivity contribution in [3.05, 3.63) is 43.8 Å². The number of nitrogens with zero attached hydrogens (tertiary/aromatic N) is 1. The topological polar surface area (TPSA) is 34.1 Å². The van der Waals surface area contributed by atoms with Crippen molar-refractivity contribution in [2.24, 2.45) is 0 Å². The zero-order valence-electron chi connectivity index (χ0n) is 9.74. The maximum Gasteiger partial charge on any atom is 0.183 e. The van der Waals surface area contributed by atoms with Crippen LogP contribution in [0.15, 0.2) is 28.9 Å². The smallest absolute Gasteiger partial charge is 0.183 e. The predicted octanol–water partition coefficient (Wildman–Crippen LogP) is 4.32. The van der Waals surface area contributed by atoms with Gasteiger partial charge in [-0.1, -0.05) is 33.6 Å². The molecular formula is C12H12BrClN2OS. The zero-order chi connectivity index (χ0) is 13.0. The van der Waals surface area contributed by atoms with Crippen LogP contribution >= 0.6 is 38.9 Å². The van der Waals surface area contributed by atoms with Crippen LogP contribution in [0.2, 0.25) is 4.47 Å². The van der Waals surface area contributed by atoms with Crippen LogP contribution in [0.25, 0.3) is 0 Å². The van der Waals surface area contributed by atoms with Crippen molar-refractivity contribution in [1.82, 2.24) is 4.98 Å². The van der Waals surface area contributed by atoms with E-state index in [9.17, 15) is 0 Å². The van der Waals surface area contributed by atoms with E-state index in [1.165, 1.54) is 11.3 Å². The van der Waals surface area contributed by atoms with E-state index in [0.29, 0.717) is 17.6 Å². The van der Waals surface area contributed by atoms with Gasteiger partial charge in [0.2, 0.25) is 0 Å². The maximum absolute atomic E-state index is 5.80. The molecule has 0 amide bonds. The summed E-state index contributed by atoms with van der Waals surface area (Å²) in [4.78, 5) is 5.12. The minimum absolute atomic E-state index is 0.568. The van der Waals surface area contributed by atoms with E-state index in [1.807, 2.05) is 18.2 Å². The van der Waals surface area contributed by atoms with Crippen LogP contribution < -0.4 is 5.32 Å². The maximum atomic E-state index is 5.80. The molecule has 1 aromatic carbocycles. The van der Waals surface area contributed by atoms with Crippen molar-refractivity contribution < 1.29 is 4.74 Å². The second kappa shape index (κ2) is 6.52. The van der Waals surface area contributed by atoms with Gasteiger partial charge in [-0.25, -0.2) is 4.98 Å². The lowest BCUT2D eigenvalue weighted by molar-refractivity contribution is 0.185. The fourth-order valence-corrected chi connectivity index (χ4v) is 2.82. The summed E-state index contributed by atoms with van der Waals surface area (Å²) in [5, 5.41) is 3.37. The Bertz CT molecular complexity index is 533. The predicted molar refractivity (Wildman–Crippen MR) is 79.3 cm³/mol. The van der Waals surface area contributed by atoms with E-state index in [0.717, 1.165) is 20.6 Å². The van der Waals surface area contributed by atoms with E-state index < -0.39 is 0 Å². The minimum Gasteiger partial charge on any atom is -0.380 e. The molecule has 3 nitrogen and oxygen atoms in total. The quantitative estimate of drug-likeness (QED) is 0.874. The molecule has 1 heterocycles. The first-order chi connectivity index (χ1) is 8.69. The van der Waals surface area contributed by atoms with E-state index in [-0.39, 0.29) is 0 Å². The van der Waals surface area contributed by atoms with Crippen molar-refractivity contribution in [2.75, 3.05) is 12.4 Å². The third kappa shape index (κ3) is 3.68. The van der Waals surface area contributed by atoms with Gasteiger partial charge in [0.05, 0.1) is 13.2 Å². The molecule has 0 fully saturated rings. The van der Waals surface area contributed by atoms with Crippen LogP contribution in [0.3, 0.4) is 0 Å². The van der Waals surface area contributed by atoms with Crippen LogP contribution in [0.5, 0.6) is 0 Å². The Hall–Kier alpha value is -0.620. The molecule has 0 aliphatic heterocycles. The monoisotopic (exact) mass is 346 g/mol. The van der Waals surface area contributed by atoms with Crippen molar-refractivity contribution in [2.45, 2.75) is 13.2 Å². The number of ether oxygens (including phenoxy) is 1. The van der Waals surface area contributed by atoms with Gasteiger partial charge < -0.3 is 10.1 Å². The molecule has 0 unspecified atom stereocenters. The molecule has 1 aromatic heterocycles. The lowest BCUT2D eigenvalue weighted by Gasteiger charge is -2.11. The Morgan fingerprint density at radius 1 is 1.50 bits per heavy atom. The van der Waals surface area contributed by atoms with Gasteiger partial charge in [-0.15, -0.1) is 11.3 Å². The van der Waals surface area contributed by atoms with Crippen molar-refractivity contribution in [3.8, 4) is 0 Å². The summed E-state index contributed by atoms with van der Waals surface area (Å²) < 4.78 is 6.78. The highest BCUT2D eigenvalue weighted by molar-refractivity contribution is 9.10. The first-order valence-corrected chi connectivity index (χ1v) is 7.29. The summed E-state index contributed by atoms with van der Waals surface area (Å²) in [6.45, 7) is 1.29. The summed E-state index contributed by atoms with van der Waals surface area (Å²) in [5.41, 5.74) is 2.17. The lowest BCUT2D eigenvalue weighted by atomic mass is 10.2. The van der Waals surface area contributed by atoms with Crippen LogP contribution in [0, 0.1) is 0 Å². The highest BCUT2D eigenvalue weighted by atomic mass is 79.9. The van der Waals surface area contributed by atoms with Crippen LogP contribution in [-0.4, -0.2) is 12.1 Å². The Morgan fingerprint density at radius 3 is 3.00 bits per heavy atom. The third-order valence-corrected chi connectivity index (χ3v) is 3.96. The average molecular weight is 348 g/mol. The standard InChI is InChI=1S/C12H12BrClN2OS/c1-17-7-8-2-3-9(13)4-11(8)15-5-10-6-16-12(14)18-10/h2-4,6,15H,5,7H2,1H3. The number of hydrogen-bond acceptors (Lipinski definition) is 4. The van der Waals surface area contributed by atoms with Gasteiger partial charge in [0.1, 0.15) is 0 Å². The summed E-state index contributed by atoms with van der Waals surface area (Å²) in [7, 11) is 1.69. The molecular weight excluding hydrogens is 336 g/mol. The van der Waals surface area contributed by atoms with Gasteiger partial charge in [-0.3, -0.25) is 0 Å². The van der Waals surface area contributed by atoms with E-state index in [2.05, 4.69) is 26.2 Å².